The number of ether oxygens (including phenoxy) is 1. The molecule has 0 fully saturated rings. The third-order valence-electron chi connectivity index (χ3n) is 3.55. The van der Waals surface area contributed by atoms with Gasteiger partial charge >= 0.3 is 5.97 Å². The molecule has 0 aliphatic carbocycles. The summed E-state index contributed by atoms with van der Waals surface area (Å²) in [6, 6.07) is 8.37. The Morgan fingerprint density at radius 2 is 1.77 bits per heavy atom. The molecule has 26 heavy (non-hydrogen) atoms. The number of hydrogen-bond acceptors (Lipinski definition) is 5. The van der Waals surface area contributed by atoms with E-state index in [9.17, 15) is 14.4 Å². The largest absolute Gasteiger partial charge is 0.462 e. The van der Waals surface area contributed by atoms with E-state index < -0.39 is 0 Å². The van der Waals surface area contributed by atoms with Gasteiger partial charge < -0.3 is 15.4 Å². The fourth-order valence-corrected chi connectivity index (χ4v) is 3.08. The lowest BCUT2D eigenvalue weighted by Gasteiger charge is -2.08. The SMILES string of the molecule is CCOC(=O)c1sc(NC(=O)c2ccc(NC(=O)C(C)C)cc2)cc1C. The van der Waals surface area contributed by atoms with Crippen LogP contribution in [-0.4, -0.2) is 24.4 Å². The summed E-state index contributed by atoms with van der Waals surface area (Å²) in [5.41, 5.74) is 1.85. The molecule has 0 saturated heterocycles. The molecule has 0 radical (unpaired) electrons. The highest BCUT2D eigenvalue weighted by molar-refractivity contribution is 7.18. The summed E-state index contributed by atoms with van der Waals surface area (Å²) in [7, 11) is 0. The van der Waals surface area contributed by atoms with Crippen LogP contribution in [0.4, 0.5) is 10.7 Å². The minimum absolute atomic E-state index is 0.0808. The molecule has 1 aromatic carbocycles. The molecule has 0 spiro atoms. The number of carbonyl (C=O) groups excluding carboxylic acids is 3. The number of esters is 1. The van der Waals surface area contributed by atoms with Crippen molar-refractivity contribution in [3.63, 3.8) is 0 Å². The van der Waals surface area contributed by atoms with Crippen molar-refractivity contribution in [1.82, 2.24) is 0 Å². The van der Waals surface area contributed by atoms with Crippen LogP contribution in [0.25, 0.3) is 0 Å². The monoisotopic (exact) mass is 374 g/mol. The van der Waals surface area contributed by atoms with Gasteiger partial charge in [-0.05, 0) is 49.7 Å². The van der Waals surface area contributed by atoms with Gasteiger partial charge in [0, 0.05) is 17.2 Å². The van der Waals surface area contributed by atoms with Crippen LogP contribution in [0, 0.1) is 12.8 Å². The summed E-state index contributed by atoms with van der Waals surface area (Å²) in [6.45, 7) is 7.47. The third kappa shape index (κ3) is 4.92. The summed E-state index contributed by atoms with van der Waals surface area (Å²) in [4.78, 5) is 36.4. The first-order chi connectivity index (χ1) is 12.3. The zero-order valence-corrected chi connectivity index (χ0v) is 16.0. The summed E-state index contributed by atoms with van der Waals surface area (Å²) in [6.07, 6.45) is 0. The molecular formula is C19H22N2O4S. The van der Waals surface area contributed by atoms with E-state index in [4.69, 9.17) is 4.74 Å². The second kappa shape index (κ2) is 8.62. The molecule has 1 heterocycles. The first-order valence-corrected chi connectivity index (χ1v) is 9.13. The Morgan fingerprint density at radius 3 is 2.35 bits per heavy atom. The van der Waals surface area contributed by atoms with Gasteiger partial charge in [0.15, 0.2) is 0 Å². The molecule has 2 rings (SSSR count). The van der Waals surface area contributed by atoms with E-state index in [-0.39, 0.29) is 23.7 Å². The van der Waals surface area contributed by atoms with Gasteiger partial charge in [-0.2, -0.15) is 0 Å². The quantitative estimate of drug-likeness (QED) is 0.746. The van der Waals surface area contributed by atoms with E-state index in [0.29, 0.717) is 27.7 Å². The topological polar surface area (TPSA) is 84.5 Å². The predicted octanol–water partition coefficient (Wildman–Crippen LogP) is 4.08. The van der Waals surface area contributed by atoms with Gasteiger partial charge in [-0.15, -0.1) is 11.3 Å². The zero-order valence-electron chi connectivity index (χ0n) is 15.2. The van der Waals surface area contributed by atoms with Gasteiger partial charge in [0.2, 0.25) is 5.91 Å². The molecule has 1 aromatic heterocycles. The molecule has 0 unspecified atom stereocenters. The van der Waals surface area contributed by atoms with Crippen LogP contribution in [0.5, 0.6) is 0 Å². The van der Waals surface area contributed by atoms with E-state index in [1.54, 1.807) is 44.2 Å². The maximum Gasteiger partial charge on any atom is 0.348 e. The van der Waals surface area contributed by atoms with Crippen LogP contribution in [0.3, 0.4) is 0 Å². The molecule has 0 saturated carbocycles. The normalized spacial score (nSPS) is 10.5. The third-order valence-corrected chi connectivity index (χ3v) is 4.69. The summed E-state index contributed by atoms with van der Waals surface area (Å²) < 4.78 is 5.00. The number of thiophene rings is 1. The summed E-state index contributed by atoms with van der Waals surface area (Å²) in [5.74, 6) is -0.875. The molecule has 0 aliphatic heterocycles. The van der Waals surface area contributed by atoms with Crippen molar-refractivity contribution in [3.8, 4) is 0 Å². The Hall–Kier alpha value is -2.67. The Labute approximate surface area is 156 Å². The Kier molecular flexibility index (Phi) is 6.52. The molecule has 2 N–H and O–H groups in total. The lowest BCUT2D eigenvalue weighted by molar-refractivity contribution is -0.118. The lowest BCUT2D eigenvalue weighted by Crippen LogP contribution is -2.18. The van der Waals surface area contributed by atoms with E-state index in [1.807, 2.05) is 13.8 Å². The number of hydrogen-bond donors (Lipinski definition) is 2. The summed E-state index contributed by atoms with van der Waals surface area (Å²) in [5, 5.41) is 6.13. The van der Waals surface area contributed by atoms with Crippen molar-refractivity contribution in [2.45, 2.75) is 27.7 Å². The number of carbonyl (C=O) groups is 3. The van der Waals surface area contributed by atoms with Gasteiger partial charge in [-0.1, -0.05) is 13.8 Å². The first kappa shape index (κ1) is 19.7. The molecule has 2 aromatic rings. The van der Waals surface area contributed by atoms with Crippen molar-refractivity contribution < 1.29 is 19.1 Å². The minimum atomic E-state index is -0.388. The highest BCUT2D eigenvalue weighted by Crippen LogP contribution is 2.28. The van der Waals surface area contributed by atoms with Crippen LogP contribution in [-0.2, 0) is 9.53 Å². The van der Waals surface area contributed by atoms with Crippen molar-refractivity contribution in [2.24, 2.45) is 5.92 Å². The standard InChI is InChI=1S/C19H22N2O4S/c1-5-25-19(24)16-12(4)10-15(26-16)21-18(23)13-6-8-14(9-7-13)20-17(22)11(2)3/h6-11H,5H2,1-4H3,(H,20,22)(H,21,23). The Balaban J connectivity index is 2.05. The average Bonchev–Trinajstić information content (AvgIpc) is 2.96. The van der Waals surface area contributed by atoms with Crippen LogP contribution in [0.2, 0.25) is 0 Å². The highest BCUT2D eigenvalue weighted by atomic mass is 32.1. The van der Waals surface area contributed by atoms with E-state index in [0.717, 1.165) is 5.56 Å². The Morgan fingerprint density at radius 1 is 1.12 bits per heavy atom. The molecule has 138 valence electrons. The highest BCUT2D eigenvalue weighted by Gasteiger charge is 2.16. The van der Waals surface area contributed by atoms with E-state index in [1.165, 1.54) is 11.3 Å². The maximum absolute atomic E-state index is 12.4. The number of amides is 2. The number of rotatable bonds is 6. The molecule has 0 atom stereocenters. The molecule has 6 nitrogen and oxygen atoms in total. The molecular weight excluding hydrogens is 352 g/mol. The fourth-order valence-electron chi connectivity index (χ4n) is 2.12. The number of aryl methyl sites for hydroxylation is 1. The summed E-state index contributed by atoms with van der Waals surface area (Å²) >= 11 is 1.18. The Bertz CT molecular complexity index is 809. The first-order valence-electron chi connectivity index (χ1n) is 8.31. The fraction of sp³-hybridized carbons (Fsp3) is 0.316. The molecule has 0 aliphatic rings. The van der Waals surface area contributed by atoms with Crippen LogP contribution in [0.1, 0.15) is 46.4 Å². The maximum atomic E-state index is 12.4. The van der Waals surface area contributed by atoms with Gasteiger partial charge in [-0.3, -0.25) is 9.59 Å². The van der Waals surface area contributed by atoms with E-state index >= 15 is 0 Å². The smallest absolute Gasteiger partial charge is 0.348 e. The number of anilines is 2. The second-order valence-electron chi connectivity index (χ2n) is 6.02. The second-order valence-corrected chi connectivity index (χ2v) is 7.07. The van der Waals surface area contributed by atoms with Crippen molar-refractivity contribution in [2.75, 3.05) is 17.2 Å². The van der Waals surface area contributed by atoms with Crippen LogP contribution >= 0.6 is 11.3 Å². The van der Waals surface area contributed by atoms with Gasteiger partial charge in [0.25, 0.3) is 5.91 Å². The van der Waals surface area contributed by atoms with Crippen LogP contribution < -0.4 is 10.6 Å². The van der Waals surface area contributed by atoms with Crippen molar-refractivity contribution in [1.29, 1.82) is 0 Å². The molecule has 2 amide bonds. The van der Waals surface area contributed by atoms with E-state index in [2.05, 4.69) is 10.6 Å². The number of nitrogens with one attached hydrogen (secondary N) is 2. The van der Waals surface area contributed by atoms with Gasteiger partial charge in [0.1, 0.15) is 4.88 Å². The average molecular weight is 374 g/mol. The zero-order chi connectivity index (χ0) is 19.3. The predicted molar refractivity (Wildman–Crippen MR) is 103 cm³/mol. The minimum Gasteiger partial charge on any atom is -0.462 e. The van der Waals surface area contributed by atoms with Gasteiger partial charge in [0.05, 0.1) is 11.6 Å². The lowest BCUT2D eigenvalue weighted by atomic mass is 10.1. The van der Waals surface area contributed by atoms with Crippen molar-refractivity contribution >= 4 is 39.8 Å². The van der Waals surface area contributed by atoms with Gasteiger partial charge in [-0.25, -0.2) is 4.79 Å². The molecule has 7 heteroatoms. The number of benzene rings is 1. The molecule has 0 bridgehead atoms. The van der Waals surface area contributed by atoms with Crippen molar-refractivity contribution in [3.05, 3.63) is 46.3 Å². The van der Waals surface area contributed by atoms with Crippen LogP contribution in [0.15, 0.2) is 30.3 Å².